The van der Waals surface area contributed by atoms with Crippen molar-refractivity contribution in [2.45, 2.75) is 104 Å². The summed E-state index contributed by atoms with van der Waals surface area (Å²) < 4.78 is 264. The number of nitrogens with one attached hydrogen (secondary N) is 2. The Bertz CT molecular complexity index is 2360. The Kier molecular flexibility index (Phi) is 13.3. The van der Waals surface area contributed by atoms with Crippen LogP contribution in [0.1, 0.15) is 59.6 Å². The number of hydrogen-bond acceptors (Lipinski definition) is 6. The van der Waals surface area contributed by atoms with Gasteiger partial charge in [0.1, 0.15) is 17.8 Å². The predicted molar refractivity (Wildman–Crippen MR) is 190 cm³/mol. The summed E-state index contributed by atoms with van der Waals surface area (Å²) in [5.41, 5.74) is -0.168. The monoisotopic (exact) mass is 979 g/mol. The summed E-state index contributed by atoms with van der Waals surface area (Å²) in [6.07, 6.45) is -5.33. The Hall–Kier alpha value is -5.37. The van der Waals surface area contributed by atoms with E-state index in [4.69, 9.17) is 0 Å². The van der Waals surface area contributed by atoms with E-state index < -0.39 is 104 Å². The zero-order valence-corrected chi connectivity index (χ0v) is 33.0. The van der Waals surface area contributed by atoms with E-state index in [1.54, 1.807) is 30.3 Å². The van der Waals surface area contributed by atoms with Crippen molar-refractivity contribution in [1.29, 1.82) is 0 Å². The van der Waals surface area contributed by atoms with Crippen molar-refractivity contribution < 1.29 is 102 Å². The normalized spacial score (nSPS) is 18.4. The molecule has 2 atom stereocenters. The molecule has 3 amide bonds. The lowest BCUT2D eigenvalue weighted by atomic mass is 9.91. The number of benzene rings is 3. The van der Waals surface area contributed by atoms with E-state index in [1.807, 2.05) is 0 Å². The minimum Gasteiger partial charge on any atom is -0.378 e. The molecule has 1 aliphatic carbocycles. The van der Waals surface area contributed by atoms with E-state index in [1.165, 1.54) is 24.3 Å². The van der Waals surface area contributed by atoms with Gasteiger partial charge in [-0.3, -0.25) is 14.4 Å². The third kappa shape index (κ3) is 8.51. The first-order valence-electron chi connectivity index (χ1n) is 18.5. The number of halogens is 17. The lowest BCUT2D eigenvalue weighted by Crippen LogP contribution is -2.75. The average molecular weight is 980 g/mol. The van der Waals surface area contributed by atoms with Crippen LogP contribution in [0.4, 0.5) is 80.3 Å². The molecule has 1 aliphatic heterocycles. The molecule has 1 heterocycles. The Morgan fingerprint density at radius 1 is 0.662 bits per heavy atom. The van der Waals surface area contributed by atoms with Gasteiger partial charge in [-0.15, -0.1) is 0 Å². The Morgan fingerprint density at radius 2 is 1.15 bits per heavy atom. The number of hydrogen-bond donors (Lipinski definition) is 2. The number of nitrogens with zero attached hydrogens (tertiary/aromatic N) is 1. The predicted octanol–water partition coefficient (Wildman–Crippen LogP) is 9.56. The molecule has 27 heteroatoms. The van der Waals surface area contributed by atoms with Gasteiger partial charge in [0, 0.05) is 12.5 Å². The minimum atomic E-state index is -9.03. The second-order valence-corrected chi connectivity index (χ2v) is 16.4. The van der Waals surface area contributed by atoms with E-state index in [9.17, 15) is 97.4 Å². The number of alkyl halides is 17. The first-order valence-corrected chi connectivity index (χ1v) is 19.9. The van der Waals surface area contributed by atoms with Crippen LogP contribution in [0.5, 0.6) is 5.75 Å². The maximum absolute atomic E-state index is 14.9. The summed E-state index contributed by atoms with van der Waals surface area (Å²) in [6.45, 7) is 0. The van der Waals surface area contributed by atoms with E-state index in [-0.39, 0.29) is 29.8 Å². The highest BCUT2D eigenvalue weighted by molar-refractivity contribution is 7.88. The number of amides is 3. The maximum Gasteiger partial charge on any atom is 0.460 e. The molecule has 9 nitrogen and oxygen atoms in total. The smallest absolute Gasteiger partial charge is 0.378 e. The largest absolute Gasteiger partial charge is 0.460 e. The van der Waals surface area contributed by atoms with E-state index in [0.29, 0.717) is 43.4 Å². The van der Waals surface area contributed by atoms with Crippen molar-refractivity contribution in [1.82, 2.24) is 10.2 Å². The quantitative estimate of drug-likeness (QED) is 0.116. The number of carbonyl (C=O) groups is 3. The van der Waals surface area contributed by atoms with Gasteiger partial charge >= 0.3 is 57.1 Å². The molecule has 2 N–H and O–H groups in total. The fourth-order valence-electron chi connectivity index (χ4n) is 6.88. The molecule has 65 heavy (non-hydrogen) atoms. The summed E-state index contributed by atoms with van der Waals surface area (Å²) in [4.78, 5) is 43.4. The van der Waals surface area contributed by atoms with E-state index in [0.717, 1.165) is 11.3 Å². The van der Waals surface area contributed by atoms with Crippen LogP contribution >= 0.6 is 0 Å². The summed E-state index contributed by atoms with van der Waals surface area (Å²) in [5.74, 6) is -57.2. The number of carbonyl (C=O) groups excluding carboxylic acids is 3. The number of anilines is 1. The zero-order valence-electron chi connectivity index (χ0n) is 32.2. The van der Waals surface area contributed by atoms with Crippen LogP contribution in [0.2, 0.25) is 0 Å². The fourth-order valence-corrected chi connectivity index (χ4v) is 7.79. The summed E-state index contributed by atoms with van der Waals surface area (Å²) >= 11 is 0. The number of fused-ring (bicyclic) bond motifs is 1. The molecule has 0 saturated heterocycles. The van der Waals surface area contributed by atoms with Gasteiger partial charge in [-0.05, 0) is 48.2 Å². The lowest BCUT2D eigenvalue weighted by molar-refractivity contribution is -0.458. The lowest BCUT2D eigenvalue weighted by Gasteiger charge is -2.42. The average Bonchev–Trinajstić information content (AvgIpc) is 3.31. The van der Waals surface area contributed by atoms with Gasteiger partial charge in [0.2, 0.25) is 11.8 Å². The Balaban J connectivity index is 1.54. The molecule has 2 aliphatic rings. The standard InChI is InChI=1S/C38H30F17N3O6S/c39-31(40,33(43,44)35(47,48)37(51,52)53)32(41,42)34(45,46)36(49,50)38(54,55)65(62,63)64-23-17-15-21(16-18-23)27(29(60)56-22-11-5-2-6-12-22)58-26(19-20-9-3-1-4-10-20)28(59)57-25-14-8-7-13-24(25)30(58)61/h1,3-4,7-10,13-18,22,26-27H,2,5-6,11-12,19H2,(H,56,60)(H,57,59). The van der Waals surface area contributed by atoms with Gasteiger partial charge in [0.05, 0.1) is 11.3 Å². The van der Waals surface area contributed by atoms with Crippen LogP contribution < -0.4 is 14.8 Å². The Morgan fingerprint density at radius 3 is 1.69 bits per heavy atom. The third-order valence-corrected chi connectivity index (χ3v) is 11.7. The molecule has 0 spiro atoms. The highest BCUT2D eigenvalue weighted by Gasteiger charge is 2.96. The third-order valence-electron chi connectivity index (χ3n) is 10.4. The SMILES string of the molecule is O=C1Nc2ccccc2C(=O)N(C(C(=O)NC2CCCCC2)c2ccc(OS(=O)(=O)C(F)(F)C(F)(F)C(F)(F)C(F)(F)C(F)(F)C(F)(F)C(F)(F)C(F)(F)F)cc2)C1Cc1ccccc1. The highest BCUT2D eigenvalue weighted by atomic mass is 32.2. The number of rotatable bonds is 15. The van der Waals surface area contributed by atoms with Crippen LogP contribution in [0.25, 0.3) is 0 Å². The van der Waals surface area contributed by atoms with E-state index in [2.05, 4.69) is 14.8 Å². The molecular weight excluding hydrogens is 949 g/mol. The molecule has 5 rings (SSSR count). The highest BCUT2D eigenvalue weighted by Crippen LogP contribution is 2.64. The van der Waals surface area contributed by atoms with E-state index >= 15 is 0 Å². The van der Waals surface area contributed by atoms with Crippen LogP contribution in [-0.2, 0) is 26.1 Å². The van der Waals surface area contributed by atoms with Gasteiger partial charge in [-0.2, -0.15) is 83.1 Å². The van der Waals surface area contributed by atoms with Crippen molar-refractivity contribution in [3.63, 3.8) is 0 Å². The molecular formula is C38H30F17N3O6S. The molecule has 0 radical (unpaired) electrons. The minimum absolute atomic E-state index is 0.0128. The second kappa shape index (κ2) is 17.1. The maximum atomic E-state index is 14.9. The van der Waals surface area contributed by atoms with Gasteiger partial charge in [-0.1, -0.05) is 73.9 Å². The second-order valence-electron chi connectivity index (χ2n) is 14.8. The van der Waals surface area contributed by atoms with Crippen LogP contribution in [-0.4, -0.2) is 90.1 Å². The van der Waals surface area contributed by atoms with Gasteiger partial charge in [-0.25, -0.2) is 0 Å². The topological polar surface area (TPSA) is 122 Å². The molecule has 0 aromatic heterocycles. The first-order chi connectivity index (χ1) is 29.7. The molecule has 3 aromatic rings. The van der Waals surface area contributed by atoms with Crippen LogP contribution in [0.3, 0.4) is 0 Å². The van der Waals surface area contributed by atoms with Crippen molar-refractivity contribution in [3.05, 3.63) is 95.6 Å². The van der Waals surface area contributed by atoms with Gasteiger partial charge in [0.15, 0.2) is 0 Å². The van der Waals surface area contributed by atoms with Crippen LogP contribution in [0.15, 0.2) is 78.9 Å². The molecule has 3 aromatic carbocycles. The first kappa shape index (κ1) is 50.6. The van der Waals surface area contributed by atoms with Crippen LogP contribution in [0, 0.1) is 0 Å². The fraction of sp³-hybridized carbons (Fsp3) is 0.447. The summed E-state index contributed by atoms with van der Waals surface area (Å²) in [5, 5.41) is -2.64. The van der Waals surface area contributed by atoms with Crippen molar-refractivity contribution in [2.24, 2.45) is 0 Å². The van der Waals surface area contributed by atoms with Crippen molar-refractivity contribution in [3.8, 4) is 5.75 Å². The summed E-state index contributed by atoms with van der Waals surface area (Å²) in [7, 11) is -7.99. The molecule has 1 saturated carbocycles. The summed E-state index contributed by atoms with van der Waals surface area (Å²) in [6, 6.07) is 11.0. The zero-order chi connectivity index (χ0) is 49.0. The molecule has 1 fully saturated rings. The van der Waals surface area contributed by atoms with Crippen molar-refractivity contribution >= 4 is 33.5 Å². The van der Waals surface area contributed by atoms with Gasteiger partial charge in [0.25, 0.3) is 5.91 Å². The Labute approximate surface area is 355 Å². The van der Waals surface area contributed by atoms with Gasteiger partial charge < -0.3 is 19.7 Å². The molecule has 0 bridgehead atoms. The number of para-hydroxylation sites is 1. The molecule has 358 valence electrons. The molecule has 2 unspecified atom stereocenters. The van der Waals surface area contributed by atoms with Crippen molar-refractivity contribution in [2.75, 3.05) is 5.32 Å².